The maximum absolute atomic E-state index is 3.74. The summed E-state index contributed by atoms with van der Waals surface area (Å²) in [5.41, 5.74) is 1.59. The lowest BCUT2D eigenvalue weighted by atomic mass is 9.90. The minimum Gasteiger partial charge on any atom is -0.316 e. The molecule has 2 aliphatic rings. The van der Waals surface area contributed by atoms with Gasteiger partial charge in [0.1, 0.15) is 0 Å². The maximum Gasteiger partial charge on any atom is 0.00817 e. The average Bonchev–Trinajstić information content (AvgIpc) is 3.36. The SMILES string of the molecule is CC.CCCNC(CCNCC1CC=C(C)CC1)CC1CC1. The molecule has 1 saturated carbocycles. The molecule has 0 saturated heterocycles. The van der Waals surface area contributed by atoms with Crippen LogP contribution in [0, 0.1) is 11.8 Å². The number of rotatable bonds is 10. The molecule has 0 aliphatic heterocycles. The van der Waals surface area contributed by atoms with Crippen molar-refractivity contribution in [2.45, 2.75) is 85.1 Å². The van der Waals surface area contributed by atoms with E-state index in [0.717, 1.165) is 17.9 Å². The van der Waals surface area contributed by atoms with Gasteiger partial charge in [-0.05, 0) is 76.9 Å². The summed E-state index contributed by atoms with van der Waals surface area (Å²) >= 11 is 0. The summed E-state index contributed by atoms with van der Waals surface area (Å²) in [5, 5.41) is 7.44. The minimum absolute atomic E-state index is 0.753. The molecule has 2 heteroatoms. The van der Waals surface area contributed by atoms with Crippen molar-refractivity contribution in [3.63, 3.8) is 0 Å². The fraction of sp³-hybridized carbons (Fsp3) is 0.900. The molecule has 0 aromatic heterocycles. The molecule has 0 heterocycles. The lowest BCUT2D eigenvalue weighted by Gasteiger charge is -2.22. The van der Waals surface area contributed by atoms with E-state index >= 15 is 0 Å². The fourth-order valence-corrected chi connectivity index (χ4v) is 3.20. The van der Waals surface area contributed by atoms with E-state index in [0.29, 0.717) is 0 Å². The van der Waals surface area contributed by atoms with Gasteiger partial charge in [-0.25, -0.2) is 0 Å². The quantitative estimate of drug-likeness (QED) is 0.443. The van der Waals surface area contributed by atoms with Crippen molar-refractivity contribution in [3.05, 3.63) is 11.6 Å². The van der Waals surface area contributed by atoms with Gasteiger partial charge in [-0.15, -0.1) is 0 Å². The van der Waals surface area contributed by atoms with Crippen LogP contribution in [0.3, 0.4) is 0 Å². The predicted molar refractivity (Wildman–Crippen MR) is 99.4 cm³/mol. The van der Waals surface area contributed by atoms with E-state index < -0.39 is 0 Å². The molecule has 130 valence electrons. The van der Waals surface area contributed by atoms with Gasteiger partial charge >= 0.3 is 0 Å². The third kappa shape index (κ3) is 8.95. The van der Waals surface area contributed by atoms with Crippen molar-refractivity contribution in [1.82, 2.24) is 10.6 Å². The Labute approximate surface area is 139 Å². The van der Waals surface area contributed by atoms with E-state index in [1.165, 1.54) is 71.0 Å². The lowest BCUT2D eigenvalue weighted by molar-refractivity contribution is 0.394. The number of hydrogen-bond donors (Lipinski definition) is 2. The predicted octanol–water partition coefficient (Wildman–Crippen LogP) is 4.91. The highest BCUT2D eigenvalue weighted by atomic mass is 14.9. The highest BCUT2D eigenvalue weighted by Gasteiger charge is 2.24. The van der Waals surface area contributed by atoms with Crippen LogP contribution in [0.4, 0.5) is 0 Å². The summed E-state index contributed by atoms with van der Waals surface area (Å²) in [6.07, 6.45) is 13.3. The van der Waals surface area contributed by atoms with E-state index in [2.05, 4.69) is 30.6 Å². The molecule has 0 amide bonds. The van der Waals surface area contributed by atoms with Crippen molar-refractivity contribution in [2.75, 3.05) is 19.6 Å². The molecule has 2 rings (SSSR count). The zero-order chi connectivity index (χ0) is 16.2. The standard InChI is InChI=1S/C18H34N2.C2H6/c1-3-11-20-18(13-16-8-9-16)10-12-19-14-17-6-4-15(2)5-7-17;1-2/h4,16-20H,3,5-14H2,1-2H3;1-2H3. The van der Waals surface area contributed by atoms with E-state index in [9.17, 15) is 0 Å². The Morgan fingerprint density at radius 1 is 1.14 bits per heavy atom. The molecule has 0 radical (unpaired) electrons. The molecular formula is C20H40N2. The van der Waals surface area contributed by atoms with Crippen LogP contribution in [-0.4, -0.2) is 25.7 Å². The van der Waals surface area contributed by atoms with Gasteiger partial charge in [0.25, 0.3) is 0 Å². The summed E-state index contributed by atoms with van der Waals surface area (Å²) in [7, 11) is 0. The first-order valence-corrected chi connectivity index (χ1v) is 9.87. The second-order valence-corrected chi connectivity index (χ2v) is 7.01. The molecule has 0 spiro atoms. The number of allylic oxidation sites excluding steroid dienone is 2. The van der Waals surface area contributed by atoms with E-state index in [4.69, 9.17) is 0 Å². The molecule has 2 atom stereocenters. The topological polar surface area (TPSA) is 24.1 Å². The minimum atomic E-state index is 0.753. The van der Waals surface area contributed by atoms with Gasteiger partial charge in [0.05, 0.1) is 0 Å². The summed E-state index contributed by atoms with van der Waals surface area (Å²) in [6, 6.07) is 0.753. The Hall–Kier alpha value is -0.340. The summed E-state index contributed by atoms with van der Waals surface area (Å²) < 4.78 is 0. The molecule has 0 aromatic carbocycles. The lowest BCUT2D eigenvalue weighted by Crippen LogP contribution is -2.34. The molecular weight excluding hydrogens is 268 g/mol. The summed E-state index contributed by atoms with van der Waals surface area (Å²) in [5.74, 6) is 1.92. The van der Waals surface area contributed by atoms with E-state index in [-0.39, 0.29) is 0 Å². The molecule has 2 unspecified atom stereocenters. The van der Waals surface area contributed by atoms with Gasteiger partial charge in [0.15, 0.2) is 0 Å². The van der Waals surface area contributed by atoms with Gasteiger partial charge in [-0.3, -0.25) is 0 Å². The van der Waals surface area contributed by atoms with Crippen molar-refractivity contribution in [3.8, 4) is 0 Å². The van der Waals surface area contributed by atoms with Crippen molar-refractivity contribution >= 4 is 0 Å². The summed E-state index contributed by atoms with van der Waals surface area (Å²) in [6.45, 7) is 12.1. The van der Waals surface area contributed by atoms with E-state index in [1.54, 1.807) is 5.57 Å². The zero-order valence-electron chi connectivity index (χ0n) is 15.6. The smallest absolute Gasteiger partial charge is 0.00817 e. The van der Waals surface area contributed by atoms with Crippen LogP contribution < -0.4 is 10.6 Å². The van der Waals surface area contributed by atoms with Crippen molar-refractivity contribution in [2.24, 2.45) is 11.8 Å². The monoisotopic (exact) mass is 308 g/mol. The third-order valence-corrected chi connectivity index (χ3v) is 4.85. The molecule has 2 nitrogen and oxygen atoms in total. The maximum atomic E-state index is 3.74. The van der Waals surface area contributed by atoms with Crippen molar-refractivity contribution < 1.29 is 0 Å². The first-order chi connectivity index (χ1) is 10.8. The van der Waals surface area contributed by atoms with Crippen LogP contribution in [0.25, 0.3) is 0 Å². The van der Waals surface area contributed by atoms with Crippen LogP contribution in [0.5, 0.6) is 0 Å². The van der Waals surface area contributed by atoms with Gasteiger partial charge in [-0.2, -0.15) is 0 Å². The first-order valence-electron chi connectivity index (χ1n) is 9.87. The Bertz CT molecular complexity index is 294. The molecule has 2 aliphatic carbocycles. The fourth-order valence-electron chi connectivity index (χ4n) is 3.20. The van der Waals surface area contributed by atoms with Crippen LogP contribution in [0.15, 0.2) is 11.6 Å². The summed E-state index contributed by atoms with van der Waals surface area (Å²) in [4.78, 5) is 0. The zero-order valence-corrected chi connectivity index (χ0v) is 15.6. The molecule has 0 aromatic rings. The van der Waals surface area contributed by atoms with Crippen LogP contribution in [0.1, 0.15) is 79.1 Å². The Morgan fingerprint density at radius 2 is 1.91 bits per heavy atom. The highest BCUT2D eigenvalue weighted by Crippen LogP contribution is 2.34. The third-order valence-electron chi connectivity index (χ3n) is 4.85. The molecule has 2 N–H and O–H groups in total. The Morgan fingerprint density at radius 3 is 2.50 bits per heavy atom. The molecule has 1 fully saturated rings. The van der Waals surface area contributed by atoms with Gasteiger partial charge in [-0.1, -0.05) is 45.3 Å². The highest BCUT2D eigenvalue weighted by molar-refractivity contribution is 5.03. The second-order valence-electron chi connectivity index (χ2n) is 7.01. The van der Waals surface area contributed by atoms with E-state index in [1.807, 2.05) is 13.8 Å². The van der Waals surface area contributed by atoms with Crippen LogP contribution in [0.2, 0.25) is 0 Å². The number of hydrogen-bond acceptors (Lipinski definition) is 2. The van der Waals surface area contributed by atoms with Crippen molar-refractivity contribution in [1.29, 1.82) is 0 Å². The van der Waals surface area contributed by atoms with Crippen LogP contribution >= 0.6 is 0 Å². The number of nitrogens with one attached hydrogen (secondary N) is 2. The largest absolute Gasteiger partial charge is 0.316 e. The first kappa shape index (κ1) is 19.7. The normalized spacial score (nSPS) is 22.5. The Balaban J connectivity index is 0.00000116. The Kier molecular flexibility index (Phi) is 10.9. The molecule has 0 bridgehead atoms. The van der Waals surface area contributed by atoms with Gasteiger partial charge in [0.2, 0.25) is 0 Å². The van der Waals surface area contributed by atoms with Gasteiger partial charge in [0, 0.05) is 6.04 Å². The van der Waals surface area contributed by atoms with Gasteiger partial charge < -0.3 is 10.6 Å². The second kappa shape index (κ2) is 12.1. The van der Waals surface area contributed by atoms with Crippen LogP contribution in [-0.2, 0) is 0 Å². The molecule has 22 heavy (non-hydrogen) atoms. The average molecular weight is 309 g/mol.